The summed E-state index contributed by atoms with van der Waals surface area (Å²) in [6.45, 7) is 10.0. The summed E-state index contributed by atoms with van der Waals surface area (Å²) in [5.74, 6) is 0. The summed E-state index contributed by atoms with van der Waals surface area (Å²) in [5.41, 5.74) is 6.83. The molecule has 106 valence electrons. The highest BCUT2D eigenvalue weighted by Gasteiger charge is 2.39. The first-order valence-electron chi connectivity index (χ1n) is 7.66. The summed E-state index contributed by atoms with van der Waals surface area (Å²) in [6.07, 6.45) is 6.53. The summed E-state index contributed by atoms with van der Waals surface area (Å²) in [4.78, 5) is 2.62. The lowest BCUT2D eigenvalue weighted by molar-refractivity contribution is 0.0244. The molecule has 1 aliphatic heterocycles. The van der Waals surface area contributed by atoms with Crippen LogP contribution in [0.1, 0.15) is 52.9 Å². The molecule has 0 amide bonds. The Morgan fingerprint density at radius 2 is 2.11 bits per heavy atom. The standard InChI is InChI=1S/C15H30N2O/c1-4-12-11-17(9-6-10-18-12)13-7-5-8-15(2,3)14(13)16/h12-14H,4-11,16H2,1-3H3. The lowest BCUT2D eigenvalue weighted by atomic mass is 9.70. The quantitative estimate of drug-likeness (QED) is 0.822. The first-order chi connectivity index (χ1) is 8.54. The molecule has 2 N–H and O–H groups in total. The van der Waals surface area contributed by atoms with Crippen molar-refractivity contribution in [1.82, 2.24) is 4.90 Å². The third-order valence-corrected chi connectivity index (χ3v) is 4.94. The first-order valence-corrected chi connectivity index (χ1v) is 7.66. The van der Waals surface area contributed by atoms with E-state index in [0.29, 0.717) is 18.2 Å². The van der Waals surface area contributed by atoms with Crippen LogP contribution in [-0.4, -0.2) is 42.8 Å². The molecule has 18 heavy (non-hydrogen) atoms. The van der Waals surface area contributed by atoms with Crippen LogP contribution in [0.5, 0.6) is 0 Å². The van der Waals surface area contributed by atoms with Gasteiger partial charge in [-0.25, -0.2) is 0 Å². The third-order valence-electron chi connectivity index (χ3n) is 4.94. The van der Waals surface area contributed by atoms with E-state index in [1.807, 2.05) is 0 Å². The fraction of sp³-hybridized carbons (Fsp3) is 1.00. The van der Waals surface area contributed by atoms with Crippen molar-refractivity contribution in [2.45, 2.75) is 71.1 Å². The van der Waals surface area contributed by atoms with Crippen LogP contribution in [0.4, 0.5) is 0 Å². The van der Waals surface area contributed by atoms with Crippen molar-refractivity contribution in [3.63, 3.8) is 0 Å². The molecular weight excluding hydrogens is 224 g/mol. The van der Waals surface area contributed by atoms with E-state index in [2.05, 4.69) is 25.7 Å². The molecule has 0 aromatic rings. The molecule has 3 atom stereocenters. The summed E-state index contributed by atoms with van der Waals surface area (Å²) in [6, 6.07) is 0.867. The zero-order valence-electron chi connectivity index (χ0n) is 12.3. The minimum absolute atomic E-state index is 0.289. The van der Waals surface area contributed by atoms with Gasteiger partial charge in [0.1, 0.15) is 0 Å². The molecule has 0 aromatic heterocycles. The number of nitrogens with two attached hydrogens (primary N) is 1. The summed E-state index contributed by atoms with van der Waals surface area (Å²) in [5, 5.41) is 0. The lowest BCUT2D eigenvalue weighted by Gasteiger charge is -2.46. The van der Waals surface area contributed by atoms with Crippen molar-refractivity contribution in [2.24, 2.45) is 11.1 Å². The molecule has 2 aliphatic rings. The molecule has 0 spiro atoms. The van der Waals surface area contributed by atoms with Crippen molar-refractivity contribution < 1.29 is 4.74 Å². The number of rotatable bonds is 2. The van der Waals surface area contributed by atoms with Crippen LogP contribution in [0.3, 0.4) is 0 Å². The predicted octanol–water partition coefficient (Wildman–Crippen LogP) is 2.39. The second kappa shape index (κ2) is 5.89. The average molecular weight is 254 g/mol. The highest BCUT2D eigenvalue weighted by molar-refractivity contribution is 4.96. The van der Waals surface area contributed by atoms with Gasteiger partial charge < -0.3 is 10.5 Å². The number of hydrogen-bond donors (Lipinski definition) is 1. The SMILES string of the molecule is CCC1CN(C2CCCC(C)(C)C2N)CCCO1. The maximum absolute atomic E-state index is 6.54. The number of ether oxygens (including phenoxy) is 1. The fourth-order valence-electron chi connectivity index (χ4n) is 3.51. The second-order valence-electron chi connectivity index (χ2n) is 6.72. The van der Waals surface area contributed by atoms with Gasteiger partial charge in [-0.05, 0) is 31.1 Å². The lowest BCUT2D eigenvalue weighted by Crippen LogP contribution is -2.57. The van der Waals surface area contributed by atoms with Crippen molar-refractivity contribution in [2.75, 3.05) is 19.7 Å². The maximum atomic E-state index is 6.54. The van der Waals surface area contributed by atoms with Gasteiger partial charge in [-0.2, -0.15) is 0 Å². The van der Waals surface area contributed by atoms with Gasteiger partial charge in [-0.3, -0.25) is 4.90 Å². The highest BCUT2D eigenvalue weighted by atomic mass is 16.5. The number of nitrogens with zero attached hydrogens (tertiary/aromatic N) is 1. The Morgan fingerprint density at radius 3 is 2.83 bits per heavy atom. The van der Waals surface area contributed by atoms with Crippen LogP contribution in [0.15, 0.2) is 0 Å². The molecule has 3 heteroatoms. The van der Waals surface area contributed by atoms with Crippen LogP contribution < -0.4 is 5.73 Å². The van der Waals surface area contributed by atoms with E-state index in [4.69, 9.17) is 10.5 Å². The van der Waals surface area contributed by atoms with Gasteiger partial charge in [0, 0.05) is 31.8 Å². The van der Waals surface area contributed by atoms with Gasteiger partial charge in [-0.1, -0.05) is 27.2 Å². The fourth-order valence-corrected chi connectivity index (χ4v) is 3.51. The van der Waals surface area contributed by atoms with Gasteiger partial charge in [-0.15, -0.1) is 0 Å². The zero-order chi connectivity index (χ0) is 13.2. The third kappa shape index (κ3) is 3.06. The van der Waals surface area contributed by atoms with Crippen LogP contribution in [0.2, 0.25) is 0 Å². The van der Waals surface area contributed by atoms with Crippen molar-refractivity contribution in [3.8, 4) is 0 Å². The predicted molar refractivity (Wildman–Crippen MR) is 75.6 cm³/mol. The van der Waals surface area contributed by atoms with E-state index < -0.39 is 0 Å². The Hall–Kier alpha value is -0.120. The molecule has 1 saturated heterocycles. The van der Waals surface area contributed by atoms with E-state index >= 15 is 0 Å². The molecule has 1 heterocycles. The normalized spacial score (nSPS) is 38.3. The summed E-state index contributed by atoms with van der Waals surface area (Å²) < 4.78 is 5.88. The van der Waals surface area contributed by atoms with E-state index in [0.717, 1.165) is 32.5 Å². The molecule has 0 radical (unpaired) electrons. The van der Waals surface area contributed by atoms with E-state index in [1.54, 1.807) is 0 Å². The molecule has 2 rings (SSSR count). The summed E-state index contributed by atoms with van der Waals surface area (Å²) >= 11 is 0. The van der Waals surface area contributed by atoms with Crippen LogP contribution in [0, 0.1) is 5.41 Å². The summed E-state index contributed by atoms with van der Waals surface area (Å²) in [7, 11) is 0. The van der Waals surface area contributed by atoms with E-state index in [-0.39, 0.29) is 5.41 Å². The van der Waals surface area contributed by atoms with Gasteiger partial charge in [0.15, 0.2) is 0 Å². The monoisotopic (exact) mass is 254 g/mol. The molecule has 2 fully saturated rings. The Bertz CT molecular complexity index is 267. The molecule has 3 nitrogen and oxygen atoms in total. The Labute approximate surface area is 112 Å². The minimum atomic E-state index is 0.289. The Morgan fingerprint density at radius 1 is 1.33 bits per heavy atom. The van der Waals surface area contributed by atoms with Crippen molar-refractivity contribution >= 4 is 0 Å². The first kappa shape index (κ1) is 14.3. The van der Waals surface area contributed by atoms with Gasteiger partial charge in [0.25, 0.3) is 0 Å². The zero-order valence-corrected chi connectivity index (χ0v) is 12.3. The van der Waals surface area contributed by atoms with Crippen molar-refractivity contribution in [1.29, 1.82) is 0 Å². The molecule has 1 aliphatic carbocycles. The largest absolute Gasteiger partial charge is 0.377 e. The minimum Gasteiger partial charge on any atom is -0.377 e. The smallest absolute Gasteiger partial charge is 0.0699 e. The Kier molecular flexibility index (Phi) is 4.68. The highest BCUT2D eigenvalue weighted by Crippen LogP contribution is 2.37. The molecule has 0 bridgehead atoms. The molecule has 0 aromatic carbocycles. The molecule has 3 unspecified atom stereocenters. The molecule has 1 saturated carbocycles. The average Bonchev–Trinajstić information content (AvgIpc) is 2.58. The van der Waals surface area contributed by atoms with Gasteiger partial charge in [0.05, 0.1) is 6.10 Å². The van der Waals surface area contributed by atoms with E-state index in [1.165, 1.54) is 19.3 Å². The van der Waals surface area contributed by atoms with Crippen LogP contribution >= 0.6 is 0 Å². The topological polar surface area (TPSA) is 38.5 Å². The van der Waals surface area contributed by atoms with Gasteiger partial charge in [0.2, 0.25) is 0 Å². The van der Waals surface area contributed by atoms with E-state index in [9.17, 15) is 0 Å². The maximum Gasteiger partial charge on any atom is 0.0699 e. The molecular formula is C15H30N2O. The van der Waals surface area contributed by atoms with Crippen LogP contribution in [0.25, 0.3) is 0 Å². The van der Waals surface area contributed by atoms with Crippen molar-refractivity contribution in [3.05, 3.63) is 0 Å². The second-order valence-corrected chi connectivity index (χ2v) is 6.72. The van der Waals surface area contributed by atoms with Crippen LogP contribution in [-0.2, 0) is 4.74 Å². The number of hydrogen-bond acceptors (Lipinski definition) is 3. The van der Waals surface area contributed by atoms with Gasteiger partial charge >= 0.3 is 0 Å². The Balaban J connectivity index is 2.04.